The van der Waals surface area contributed by atoms with Crippen LogP contribution in [0.15, 0.2) is 48.7 Å². The summed E-state index contributed by atoms with van der Waals surface area (Å²) in [6, 6.07) is 11.6. The molecule has 1 aliphatic heterocycles. The molecule has 0 saturated carbocycles. The molecule has 5 nitrogen and oxygen atoms in total. The van der Waals surface area contributed by atoms with Crippen LogP contribution < -0.4 is 10.5 Å². The van der Waals surface area contributed by atoms with Crippen molar-refractivity contribution in [2.24, 2.45) is 0 Å². The topological polar surface area (TPSA) is 68.5 Å². The third-order valence-corrected chi connectivity index (χ3v) is 5.29. The smallest absolute Gasteiger partial charge is 0.255 e. The highest BCUT2D eigenvalue weighted by atomic mass is 35.5. The van der Waals surface area contributed by atoms with E-state index in [0.29, 0.717) is 31.3 Å². The molecular weight excluding hydrogens is 416 g/mol. The largest absolute Gasteiger partial charge is 0.491 e. The van der Waals surface area contributed by atoms with Crippen molar-refractivity contribution in [2.45, 2.75) is 6.54 Å². The minimum Gasteiger partial charge on any atom is -0.491 e. The van der Waals surface area contributed by atoms with Crippen LogP contribution in [-0.4, -0.2) is 28.9 Å². The SMILES string of the molecule is Nc1ccc(-c2ccc3c(c2)CN(C(=O)c2cc(F)c(Cl)cc2Cl)CCO3)cn1. The van der Waals surface area contributed by atoms with Gasteiger partial charge < -0.3 is 15.4 Å². The van der Waals surface area contributed by atoms with Gasteiger partial charge in [0, 0.05) is 23.9 Å². The molecule has 0 aliphatic carbocycles. The first-order valence-corrected chi connectivity index (χ1v) is 9.59. The molecular formula is C21H16Cl2FN3O2. The number of aromatic nitrogens is 1. The zero-order valence-electron chi connectivity index (χ0n) is 15.2. The van der Waals surface area contributed by atoms with E-state index in [2.05, 4.69) is 4.98 Å². The fourth-order valence-corrected chi connectivity index (χ4v) is 3.64. The van der Waals surface area contributed by atoms with Crippen LogP contribution in [0.3, 0.4) is 0 Å². The first-order valence-electron chi connectivity index (χ1n) is 8.84. The average Bonchev–Trinajstić information content (AvgIpc) is 2.92. The Labute approximate surface area is 176 Å². The lowest BCUT2D eigenvalue weighted by Crippen LogP contribution is -2.32. The molecule has 1 aliphatic rings. The third-order valence-electron chi connectivity index (χ3n) is 4.69. The Morgan fingerprint density at radius 3 is 2.66 bits per heavy atom. The van der Waals surface area contributed by atoms with Gasteiger partial charge in [0.1, 0.15) is 24.0 Å². The number of carbonyl (C=O) groups excluding carboxylic acids is 1. The Morgan fingerprint density at radius 2 is 1.90 bits per heavy atom. The molecule has 3 aromatic rings. The van der Waals surface area contributed by atoms with E-state index in [1.165, 1.54) is 6.07 Å². The summed E-state index contributed by atoms with van der Waals surface area (Å²) in [7, 11) is 0. The van der Waals surface area contributed by atoms with Crippen molar-refractivity contribution >= 4 is 34.9 Å². The molecule has 2 N–H and O–H groups in total. The van der Waals surface area contributed by atoms with E-state index in [9.17, 15) is 9.18 Å². The minimum atomic E-state index is -0.691. The van der Waals surface area contributed by atoms with Gasteiger partial charge in [0.05, 0.1) is 22.2 Å². The molecule has 1 aromatic heterocycles. The van der Waals surface area contributed by atoms with Crippen molar-refractivity contribution in [3.63, 3.8) is 0 Å². The van der Waals surface area contributed by atoms with Crippen molar-refractivity contribution < 1.29 is 13.9 Å². The van der Waals surface area contributed by atoms with Crippen LogP contribution in [0.25, 0.3) is 11.1 Å². The number of nitrogens with two attached hydrogens (primary N) is 1. The molecule has 29 heavy (non-hydrogen) atoms. The van der Waals surface area contributed by atoms with Crippen molar-refractivity contribution in [2.75, 3.05) is 18.9 Å². The lowest BCUT2D eigenvalue weighted by molar-refractivity contribution is 0.0733. The number of anilines is 1. The second-order valence-corrected chi connectivity index (χ2v) is 7.43. The lowest BCUT2D eigenvalue weighted by Gasteiger charge is -2.21. The highest BCUT2D eigenvalue weighted by Gasteiger charge is 2.24. The number of benzene rings is 2. The molecule has 148 valence electrons. The predicted octanol–water partition coefficient (Wildman–Crippen LogP) is 4.81. The van der Waals surface area contributed by atoms with E-state index in [1.54, 1.807) is 17.2 Å². The summed E-state index contributed by atoms with van der Waals surface area (Å²) in [5, 5.41) is -0.0219. The summed E-state index contributed by atoms with van der Waals surface area (Å²) in [6.45, 7) is 0.951. The molecule has 0 fully saturated rings. The second-order valence-electron chi connectivity index (χ2n) is 6.62. The van der Waals surface area contributed by atoms with Crippen molar-refractivity contribution in [1.29, 1.82) is 0 Å². The maximum Gasteiger partial charge on any atom is 0.255 e. The lowest BCUT2D eigenvalue weighted by atomic mass is 10.0. The van der Waals surface area contributed by atoms with Gasteiger partial charge >= 0.3 is 0 Å². The third kappa shape index (κ3) is 3.99. The number of halogens is 3. The monoisotopic (exact) mass is 431 g/mol. The molecule has 2 heterocycles. The Bertz CT molecular complexity index is 1090. The maximum absolute atomic E-state index is 13.9. The van der Waals surface area contributed by atoms with Crippen LogP contribution in [0.2, 0.25) is 10.0 Å². The van der Waals surface area contributed by atoms with Crippen LogP contribution >= 0.6 is 23.2 Å². The van der Waals surface area contributed by atoms with Crippen molar-refractivity contribution in [1.82, 2.24) is 9.88 Å². The van der Waals surface area contributed by atoms with E-state index in [1.807, 2.05) is 24.3 Å². The zero-order valence-corrected chi connectivity index (χ0v) is 16.7. The van der Waals surface area contributed by atoms with Crippen LogP contribution in [0.4, 0.5) is 10.2 Å². The first kappa shape index (κ1) is 19.5. The molecule has 0 saturated heterocycles. The van der Waals surface area contributed by atoms with Gasteiger partial charge in [-0.2, -0.15) is 0 Å². The number of nitrogen functional groups attached to an aromatic ring is 1. The van der Waals surface area contributed by atoms with E-state index in [0.717, 1.165) is 22.8 Å². The average molecular weight is 432 g/mol. The molecule has 0 unspecified atom stereocenters. The number of hydrogen-bond donors (Lipinski definition) is 1. The highest BCUT2D eigenvalue weighted by Crippen LogP contribution is 2.31. The molecule has 1 amide bonds. The normalized spacial score (nSPS) is 13.4. The van der Waals surface area contributed by atoms with Gasteiger partial charge in [0.15, 0.2) is 0 Å². The Kier molecular flexibility index (Phi) is 5.30. The first-order chi connectivity index (χ1) is 13.9. The second kappa shape index (κ2) is 7.89. The molecule has 0 spiro atoms. The van der Waals surface area contributed by atoms with Gasteiger partial charge in [-0.25, -0.2) is 9.37 Å². The number of hydrogen-bond acceptors (Lipinski definition) is 4. The molecule has 8 heteroatoms. The van der Waals surface area contributed by atoms with Crippen molar-refractivity contribution in [3.8, 4) is 16.9 Å². The van der Waals surface area contributed by atoms with E-state index < -0.39 is 5.82 Å². The summed E-state index contributed by atoms with van der Waals surface area (Å²) < 4.78 is 19.7. The number of ether oxygens (including phenoxy) is 1. The Hall–Kier alpha value is -2.83. The summed E-state index contributed by atoms with van der Waals surface area (Å²) in [4.78, 5) is 18.7. The molecule has 0 atom stereocenters. The molecule has 2 aromatic carbocycles. The van der Waals surface area contributed by atoms with Gasteiger partial charge in [-0.1, -0.05) is 29.3 Å². The van der Waals surface area contributed by atoms with Crippen LogP contribution in [0.5, 0.6) is 5.75 Å². The quantitative estimate of drug-likeness (QED) is 0.591. The van der Waals surface area contributed by atoms with E-state index >= 15 is 0 Å². The van der Waals surface area contributed by atoms with Gasteiger partial charge in [-0.05, 0) is 42.0 Å². The van der Waals surface area contributed by atoms with Gasteiger partial charge in [-0.15, -0.1) is 0 Å². The van der Waals surface area contributed by atoms with Crippen LogP contribution in [-0.2, 0) is 6.54 Å². The van der Waals surface area contributed by atoms with E-state index in [-0.39, 0.29) is 21.5 Å². The summed E-state index contributed by atoms with van der Waals surface area (Å²) in [5.41, 5.74) is 8.37. The minimum absolute atomic E-state index is 0.0657. The van der Waals surface area contributed by atoms with Gasteiger partial charge in [-0.3, -0.25) is 4.79 Å². The van der Waals surface area contributed by atoms with Crippen LogP contribution in [0.1, 0.15) is 15.9 Å². The Morgan fingerprint density at radius 1 is 1.10 bits per heavy atom. The highest BCUT2D eigenvalue weighted by molar-refractivity contribution is 6.36. The van der Waals surface area contributed by atoms with Gasteiger partial charge in [0.25, 0.3) is 5.91 Å². The fourth-order valence-electron chi connectivity index (χ4n) is 3.18. The Balaban J connectivity index is 1.65. The number of fused-ring (bicyclic) bond motifs is 1. The predicted molar refractivity (Wildman–Crippen MR) is 111 cm³/mol. The number of amides is 1. The standard InChI is InChI=1S/C21H16Cl2FN3O2/c22-16-9-17(23)18(24)8-15(16)21(28)27-5-6-29-19-3-1-12(7-14(19)11-27)13-2-4-20(25)26-10-13/h1-4,7-10H,5-6,11H2,(H2,25,26). The summed E-state index contributed by atoms with van der Waals surface area (Å²) >= 11 is 11.9. The van der Waals surface area contributed by atoms with E-state index in [4.69, 9.17) is 33.7 Å². The number of carbonyl (C=O) groups is 1. The summed E-state index contributed by atoms with van der Waals surface area (Å²) in [6.07, 6.45) is 1.69. The molecule has 4 rings (SSSR count). The molecule has 0 radical (unpaired) electrons. The molecule has 0 bridgehead atoms. The fraction of sp³-hybridized carbons (Fsp3) is 0.143. The number of nitrogens with zero attached hydrogens (tertiary/aromatic N) is 2. The van der Waals surface area contributed by atoms with Crippen LogP contribution in [0, 0.1) is 5.82 Å². The van der Waals surface area contributed by atoms with Crippen molar-refractivity contribution in [3.05, 3.63) is 75.7 Å². The van der Waals surface area contributed by atoms with Gasteiger partial charge in [0.2, 0.25) is 0 Å². The number of pyridine rings is 1. The zero-order chi connectivity index (χ0) is 20.5. The summed E-state index contributed by atoms with van der Waals surface area (Å²) in [5.74, 6) is 0.0575. The number of rotatable bonds is 2. The maximum atomic E-state index is 13.9.